The van der Waals surface area contributed by atoms with Crippen LogP contribution in [0.2, 0.25) is 0 Å². The average Bonchev–Trinajstić information content (AvgIpc) is 3.46. The van der Waals surface area contributed by atoms with E-state index < -0.39 is 12.0 Å². The first kappa shape index (κ1) is 22.1. The maximum atomic E-state index is 13.4. The minimum atomic E-state index is -0.597. The summed E-state index contributed by atoms with van der Waals surface area (Å²) in [4.78, 5) is 40.1. The number of amides is 1. The van der Waals surface area contributed by atoms with E-state index in [1.807, 2.05) is 6.92 Å². The first-order valence-corrected chi connectivity index (χ1v) is 9.92. The number of nitrogens with zero attached hydrogens (tertiary/aromatic N) is 2. The van der Waals surface area contributed by atoms with Gasteiger partial charge >= 0.3 is 5.97 Å². The number of rotatable bonds is 10. The summed E-state index contributed by atoms with van der Waals surface area (Å²) in [7, 11) is 3.37. The highest BCUT2D eigenvalue weighted by Gasteiger charge is 2.38. The molecular weight excluding hydrogens is 360 g/mol. The Morgan fingerprint density at radius 1 is 1.25 bits per heavy atom. The summed E-state index contributed by atoms with van der Waals surface area (Å²) in [6, 6.07) is -0.597. The average molecular weight is 392 g/mol. The van der Waals surface area contributed by atoms with E-state index in [2.05, 4.69) is 0 Å². The molecule has 1 aliphatic carbocycles. The van der Waals surface area contributed by atoms with Gasteiger partial charge in [-0.05, 0) is 52.5 Å². The molecule has 0 N–H and O–H groups in total. The number of carbonyl (C=O) groups excluding carboxylic acids is 3. The van der Waals surface area contributed by atoms with E-state index in [0.29, 0.717) is 42.1 Å². The van der Waals surface area contributed by atoms with Gasteiger partial charge in [0.15, 0.2) is 5.78 Å². The second kappa shape index (κ2) is 9.37. The SMILES string of the molecule is CCOC(=O)c1c(C)c(C(=O)C(C)N(CCCOC)C(=O)C2CC2)c(C)n1C. The topological polar surface area (TPSA) is 77.8 Å². The van der Waals surface area contributed by atoms with Gasteiger partial charge < -0.3 is 18.9 Å². The molecule has 0 aromatic carbocycles. The lowest BCUT2D eigenvalue weighted by atomic mass is 9.99. The second-order valence-electron chi connectivity index (χ2n) is 7.41. The first-order valence-electron chi connectivity index (χ1n) is 9.92. The quantitative estimate of drug-likeness (QED) is 0.348. The molecule has 7 heteroatoms. The normalized spacial score (nSPS) is 14.6. The van der Waals surface area contributed by atoms with E-state index in [-0.39, 0.29) is 24.2 Å². The molecule has 1 atom stereocenters. The van der Waals surface area contributed by atoms with Crippen LogP contribution < -0.4 is 0 Å². The number of hydrogen-bond donors (Lipinski definition) is 0. The van der Waals surface area contributed by atoms with Gasteiger partial charge in [0.05, 0.1) is 12.6 Å². The second-order valence-corrected chi connectivity index (χ2v) is 7.41. The molecule has 0 bridgehead atoms. The molecule has 1 aromatic rings. The van der Waals surface area contributed by atoms with Gasteiger partial charge in [-0.2, -0.15) is 0 Å². The summed E-state index contributed by atoms with van der Waals surface area (Å²) in [5.41, 5.74) is 2.19. The van der Waals surface area contributed by atoms with E-state index in [0.717, 1.165) is 12.8 Å². The molecule has 2 rings (SSSR count). The zero-order valence-electron chi connectivity index (χ0n) is 17.8. The molecule has 28 heavy (non-hydrogen) atoms. The molecule has 1 heterocycles. The van der Waals surface area contributed by atoms with Crippen molar-refractivity contribution >= 4 is 17.7 Å². The van der Waals surface area contributed by atoms with E-state index in [1.165, 1.54) is 0 Å². The Morgan fingerprint density at radius 3 is 2.43 bits per heavy atom. The Bertz CT molecular complexity index is 748. The molecule has 7 nitrogen and oxygen atoms in total. The molecule has 0 saturated heterocycles. The van der Waals surface area contributed by atoms with Gasteiger partial charge in [-0.15, -0.1) is 0 Å². The highest BCUT2D eigenvalue weighted by molar-refractivity contribution is 6.06. The minimum absolute atomic E-state index is 0.0332. The molecule has 1 saturated carbocycles. The highest BCUT2D eigenvalue weighted by atomic mass is 16.5. The van der Waals surface area contributed by atoms with Crippen molar-refractivity contribution in [2.45, 2.75) is 53.0 Å². The van der Waals surface area contributed by atoms with Crippen LogP contribution in [0.1, 0.15) is 65.2 Å². The van der Waals surface area contributed by atoms with Crippen LogP contribution in [0.15, 0.2) is 0 Å². The molecule has 0 radical (unpaired) electrons. The summed E-state index contributed by atoms with van der Waals surface area (Å²) >= 11 is 0. The number of esters is 1. The predicted octanol–water partition coefficient (Wildman–Crippen LogP) is 2.66. The van der Waals surface area contributed by atoms with Gasteiger partial charge in [0.2, 0.25) is 5.91 Å². The smallest absolute Gasteiger partial charge is 0.355 e. The zero-order chi connectivity index (χ0) is 21.0. The lowest BCUT2D eigenvalue weighted by Gasteiger charge is -2.29. The first-order chi connectivity index (χ1) is 13.3. The summed E-state index contributed by atoms with van der Waals surface area (Å²) < 4.78 is 11.9. The van der Waals surface area contributed by atoms with Gasteiger partial charge in [0.25, 0.3) is 0 Å². The Hall–Kier alpha value is -2.15. The van der Waals surface area contributed by atoms with Crippen molar-refractivity contribution in [2.24, 2.45) is 13.0 Å². The maximum Gasteiger partial charge on any atom is 0.355 e. The number of methoxy groups -OCH3 is 1. The van der Waals surface area contributed by atoms with Crippen LogP contribution in [-0.4, -0.2) is 60.0 Å². The maximum absolute atomic E-state index is 13.4. The van der Waals surface area contributed by atoms with Gasteiger partial charge in [0.1, 0.15) is 5.69 Å². The Kier molecular flexibility index (Phi) is 7.41. The number of aromatic nitrogens is 1. The zero-order valence-corrected chi connectivity index (χ0v) is 17.8. The third-order valence-corrected chi connectivity index (χ3v) is 5.45. The van der Waals surface area contributed by atoms with Crippen molar-refractivity contribution < 1.29 is 23.9 Å². The van der Waals surface area contributed by atoms with Crippen LogP contribution in [0.5, 0.6) is 0 Å². The van der Waals surface area contributed by atoms with Crippen molar-refractivity contribution in [1.29, 1.82) is 0 Å². The van der Waals surface area contributed by atoms with E-state index >= 15 is 0 Å². The molecule has 0 aliphatic heterocycles. The van der Waals surface area contributed by atoms with Gasteiger partial charge in [-0.3, -0.25) is 9.59 Å². The fourth-order valence-corrected chi connectivity index (χ4v) is 3.62. The van der Waals surface area contributed by atoms with Gasteiger partial charge in [-0.25, -0.2) is 4.79 Å². The molecule has 1 aromatic heterocycles. The number of ketones is 1. The van der Waals surface area contributed by atoms with Gasteiger partial charge in [-0.1, -0.05) is 0 Å². The number of hydrogen-bond acceptors (Lipinski definition) is 5. The number of carbonyl (C=O) groups is 3. The van der Waals surface area contributed by atoms with Crippen molar-refractivity contribution in [3.05, 3.63) is 22.5 Å². The Balaban J connectivity index is 2.32. The van der Waals surface area contributed by atoms with Crippen LogP contribution in [0.4, 0.5) is 0 Å². The summed E-state index contributed by atoms with van der Waals surface area (Å²) in [6.07, 6.45) is 2.45. The molecule has 1 amide bonds. The number of ether oxygens (including phenoxy) is 2. The molecular formula is C21H32N2O5. The summed E-state index contributed by atoms with van der Waals surface area (Å²) in [5.74, 6) is -0.518. The minimum Gasteiger partial charge on any atom is -0.461 e. The molecule has 1 aliphatic rings. The Morgan fingerprint density at radius 2 is 1.89 bits per heavy atom. The van der Waals surface area contributed by atoms with Gasteiger partial charge in [0, 0.05) is 44.5 Å². The molecule has 0 spiro atoms. The van der Waals surface area contributed by atoms with E-state index in [1.54, 1.807) is 44.4 Å². The van der Waals surface area contributed by atoms with E-state index in [9.17, 15) is 14.4 Å². The van der Waals surface area contributed by atoms with Crippen LogP contribution in [0.3, 0.4) is 0 Å². The van der Waals surface area contributed by atoms with Crippen molar-refractivity contribution in [3.8, 4) is 0 Å². The predicted molar refractivity (Wildman–Crippen MR) is 106 cm³/mol. The lowest BCUT2D eigenvalue weighted by molar-refractivity contribution is -0.134. The van der Waals surface area contributed by atoms with Crippen LogP contribution in [0.25, 0.3) is 0 Å². The van der Waals surface area contributed by atoms with Crippen LogP contribution >= 0.6 is 0 Å². The fourth-order valence-electron chi connectivity index (χ4n) is 3.62. The highest BCUT2D eigenvalue weighted by Crippen LogP contribution is 2.32. The van der Waals surface area contributed by atoms with Crippen LogP contribution in [0, 0.1) is 19.8 Å². The van der Waals surface area contributed by atoms with Crippen molar-refractivity contribution in [2.75, 3.05) is 26.9 Å². The van der Waals surface area contributed by atoms with E-state index in [4.69, 9.17) is 9.47 Å². The Labute approximate surface area is 167 Å². The summed E-state index contributed by atoms with van der Waals surface area (Å²) in [6.45, 7) is 8.37. The van der Waals surface area contributed by atoms with Crippen molar-refractivity contribution in [3.63, 3.8) is 0 Å². The molecule has 1 fully saturated rings. The summed E-state index contributed by atoms with van der Waals surface area (Å²) in [5, 5.41) is 0. The third kappa shape index (κ3) is 4.46. The third-order valence-electron chi connectivity index (χ3n) is 5.45. The molecule has 1 unspecified atom stereocenters. The lowest BCUT2D eigenvalue weighted by Crippen LogP contribution is -2.45. The van der Waals surface area contributed by atoms with Crippen LogP contribution in [-0.2, 0) is 21.3 Å². The number of Topliss-reactive ketones (excluding diaryl/α,β-unsaturated/α-hetero) is 1. The fraction of sp³-hybridized carbons (Fsp3) is 0.667. The largest absolute Gasteiger partial charge is 0.461 e. The standard InChI is InChI=1S/C21H32N2O5/c1-7-28-21(26)18-13(2)17(14(3)22(18)5)19(24)15(4)23(11-8-12-27-6)20(25)16-9-10-16/h15-16H,7-12H2,1-6H3. The van der Waals surface area contributed by atoms with Crippen molar-refractivity contribution in [1.82, 2.24) is 9.47 Å². The molecule has 156 valence electrons. The monoisotopic (exact) mass is 392 g/mol.